The Labute approximate surface area is 225 Å². The number of non-ortho nitro benzene ring substituents is 2. The summed E-state index contributed by atoms with van der Waals surface area (Å²) in [6, 6.07) is 15.2. The number of hydrogen-bond acceptors (Lipinski definition) is 12. The van der Waals surface area contributed by atoms with Gasteiger partial charge in [0, 0.05) is 23.8 Å². The third-order valence-corrected chi connectivity index (χ3v) is 5.63. The molecule has 16 heteroatoms. The van der Waals surface area contributed by atoms with Gasteiger partial charge in [-0.15, -0.1) is 0 Å². The molecule has 0 bridgehead atoms. The van der Waals surface area contributed by atoms with E-state index in [9.17, 15) is 40.5 Å². The SMILES string of the molecule is CC(C)(C/C=N/Nc1ccc([N+](=O)[O-])cc1[N+](=O)[O-])/C(=N/Nc1ccc([N+](=O)[O-])cc1[N+](=O)[O-])c1ccccc1. The Balaban J connectivity index is 1.88. The van der Waals surface area contributed by atoms with Crippen molar-refractivity contribution in [1.82, 2.24) is 0 Å². The van der Waals surface area contributed by atoms with Crippen molar-refractivity contribution in [2.75, 3.05) is 10.9 Å². The van der Waals surface area contributed by atoms with Gasteiger partial charge in [0.1, 0.15) is 11.4 Å². The highest BCUT2D eigenvalue weighted by molar-refractivity contribution is 6.05. The molecule has 0 heterocycles. The van der Waals surface area contributed by atoms with Gasteiger partial charge in [-0.3, -0.25) is 51.3 Å². The number of nitro groups is 4. The zero-order valence-corrected chi connectivity index (χ0v) is 21.1. The van der Waals surface area contributed by atoms with Gasteiger partial charge in [0.05, 0.1) is 37.5 Å². The van der Waals surface area contributed by atoms with E-state index in [0.29, 0.717) is 11.3 Å². The molecule has 0 aliphatic carbocycles. The average Bonchev–Trinajstić information content (AvgIpc) is 2.91. The number of rotatable bonds is 12. The molecule has 40 heavy (non-hydrogen) atoms. The van der Waals surface area contributed by atoms with Crippen LogP contribution in [-0.2, 0) is 0 Å². The summed E-state index contributed by atoms with van der Waals surface area (Å²) in [4.78, 5) is 41.8. The van der Waals surface area contributed by atoms with Crippen molar-refractivity contribution in [2.45, 2.75) is 20.3 Å². The second-order valence-electron chi connectivity index (χ2n) is 8.88. The molecule has 2 N–H and O–H groups in total. The van der Waals surface area contributed by atoms with E-state index in [4.69, 9.17) is 0 Å². The van der Waals surface area contributed by atoms with Crippen LogP contribution in [0, 0.1) is 45.9 Å². The minimum Gasteiger partial charge on any atom is -0.272 e. The third kappa shape index (κ3) is 6.94. The lowest BCUT2D eigenvalue weighted by Gasteiger charge is -2.25. The third-order valence-electron chi connectivity index (χ3n) is 5.63. The van der Waals surface area contributed by atoms with E-state index in [1.807, 2.05) is 13.8 Å². The molecule has 0 amide bonds. The first kappa shape index (κ1) is 28.8. The topological polar surface area (TPSA) is 221 Å². The highest BCUT2D eigenvalue weighted by Crippen LogP contribution is 2.32. The smallest absolute Gasteiger partial charge is 0.272 e. The van der Waals surface area contributed by atoms with Crippen LogP contribution in [0.5, 0.6) is 0 Å². The minimum atomic E-state index is -0.766. The number of nitrogens with zero attached hydrogens (tertiary/aromatic N) is 6. The van der Waals surface area contributed by atoms with Crippen molar-refractivity contribution in [1.29, 1.82) is 0 Å². The summed E-state index contributed by atoms with van der Waals surface area (Å²) in [6.45, 7) is 3.65. The van der Waals surface area contributed by atoms with Crippen LogP contribution in [-0.4, -0.2) is 31.6 Å². The van der Waals surface area contributed by atoms with Crippen molar-refractivity contribution in [3.8, 4) is 0 Å². The molecule has 0 unspecified atom stereocenters. The predicted molar refractivity (Wildman–Crippen MR) is 147 cm³/mol. The molecular formula is C24H22N8O8. The molecule has 0 fully saturated rings. The molecule has 16 nitrogen and oxygen atoms in total. The summed E-state index contributed by atoms with van der Waals surface area (Å²) in [7, 11) is 0. The summed E-state index contributed by atoms with van der Waals surface area (Å²) in [5, 5.41) is 53.3. The summed E-state index contributed by atoms with van der Waals surface area (Å²) in [5.74, 6) is 0. The maximum atomic E-state index is 11.5. The number of hydrazone groups is 2. The van der Waals surface area contributed by atoms with Gasteiger partial charge < -0.3 is 0 Å². The van der Waals surface area contributed by atoms with Crippen molar-refractivity contribution < 1.29 is 19.7 Å². The van der Waals surface area contributed by atoms with Crippen LogP contribution in [0.2, 0.25) is 0 Å². The zero-order chi connectivity index (χ0) is 29.4. The van der Waals surface area contributed by atoms with E-state index in [-0.39, 0.29) is 17.8 Å². The van der Waals surface area contributed by atoms with Crippen LogP contribution in [0.1, 0.15) is 25.8 Å². The lowest BCUT2D eigenvalue weighted by molar-refractivity contribution is -0.393. The van der Waals surface area contributed by atoms with E-state index in [1.165, 1.54) is 18.3 Å². The fraction of sp³-hybridized carbons (Fsp3) is 0.167. The number of anilines is 2. The molecule has 0 atom stereocenters. The quantitative estimate of drug-likeness (QED) is 0.160. The van der Waals surface area contributed by atoms with Gasteiger partial charge in [-0.2, -0.15) is 10.2 Å². The van der Waals surface area contributed by atoms with Crippen molar-refractivity contribution >= 4 is 46.1 Å². The normalized spacial score (nSPS) is 11.7. The van der Waals surface area contributed by atoms with Crippen molar-refractivity contribution in [3.63, 3.8) is 0 Å². The Hall–Kier alpha value is -5.80. The lowest BCUT2D eigenvalue weighted by Crippen LogP contribution is -2.27. The van der Waals surface area contributed by atoms with Gasteiger partial charge in [-0.1, -0.05) is 44.2 Å². The molecule has 3 aromatic carbocycles. The molecule has 3 rings (SSSR count). The molecule has 0 spiro atoms. The molecule has 0 saturated carbocycles. The first-order valence-electron chi connectivity index (χ1n) is 11.4. The zero-order valence-electron chi connectivity index (χ0n) is 21.1. The van der Waals surface area contributed by atoms with Crippen LogP contribution in [0.3, 0.4) is 0 Å². The number of hydrogen-bond donors (Lipinski definition) is 2. The summed E-state index contributed by atoms with van der Waals surface area (Å²) >= 11 is 0. The Kier molecular flexibility index (Phi) is 8.75. The highest BCUT2D eigenvalue weighted by atomic mass is 16.6. The van der Waals surface area contributed by atoms with E-state index in [2.05, 4.69) is 21.1 Å². The molecule has 0 radical (unpaired) electrons. The molecule has 0 aromatic heterocycles. The van der Waals surface area contributed by atoms with Crippen molar-refractivity contribution in [2.24, 2.45) is 15.6 Å². The van der Waals surface area contributed by atoms with Crippen molar-refractivity contribution in [3.05, 3.63) is 113 Å². The van der Waals surface area contributed by atoms with Gasteiger partial charge in [0.25, 0.3) is 11.4 Å². The lowest BCUT2D eigenvalue weighted by atomic mass is 9.81. The van der Waals surface area contributed by atoms with Gasteiger partial charge in [-0.25, -0.2) is 0 Å². The Morgan fingerprint density at radius 2 is 1.25 bits per heavy atom. The molecule has 3 aromatic rings. The average molecular weight is 550 g/mol. The molecular weight excluding hydrogens is 528 g/mol. The van der Waals surface area contributed by atoms with Crippen LogP contribution in [0.25, 0.3) is 0 Å². The van der Waals surface area contributed by atoms with Crippen LogP contribution in [0.4, 0.5) is 34.1 Å². The first-order valence-corrected chi connectivity index (χ1v) is 11.4. The Morgan fingerprint density at radius 1 is 0.750 bits per heavy atom. The molecule has 0 aliphatic rings. The molecule has 0 aliphatic heterocycles. The largest absolute Gasteiger partial charge is 0.301 e. The van der Waals surface area contributed by atoms with Gasteiger partial charge in [0.15, 0.2) is 0 Å². The van der Waals surface area contributed by atoms with Crippen LogP contribution in [0.15, 0.2) is 76.9 Å². The monoisotopic (exact) mass is 550 g/mol. The number of nitrogens with one attached hydrogen (secondary N) is 2. The number of benzene rings is 3. The number of nitro benzene ring substituents is 4. The van der Waals surface area contributed by atoms with E-state index >= 15 is 0 Å². The second kappa shape index (κ2) is 12.2. The Morgan fingerprint density at radius 3 is 1.73 bits per heavy atom. The fourth-order valence-corrected chi connectivity index (χ4v) is 3.56. The summed E-state index contributed by atoms with van der Waals surface area (Å²) < 4.78 is 0. The maximum absolute atomic E-state index is 11.5. The minimum absolute atomic E-state index is 0.0475. The second-order valence-corrected chi connectivity index (χ2v) is 8.88. The molecule has 206 valence electrons. The summed E-state index contributed by atoms with van der Waals surface area (Å²) in [6.07, 6.45) is 1.68. The predicted octanol–water partition coefficient (Wildman–Crippen LogP) is 5.65. The highest BCUT2D eigenvalue weighted by Gasteiger charge is 2.27. The van der Waals surface area contributed by atoms with Gasteiger partial charge >= 0.3 is 11.4 Å². The fourth-order valence-electron chi connectivity index (χ4n) is 3.56. The maximum Gasteiger partial charge on any atom is 0.301 e. The van der Waals surface area contributed by atoms with Gasteiger partial charge in [-0.05, 0) is 24.1 Å². The summed E-state index contributed by atoms with van der Waals surface area (Å²) in [5.41, 5.74) is 3.53. The van der Waals surface area contributed by atoms with Crippen LogP contribution < -0.4 is 10.9 Å². The molecule has 0 saturated heterocycles. The van der Waals surface area contributed by atoms with Crippen LogP contribution >= 0.6 is 0 Å². The van der Waals surface area contributed by atoms with E-state index in [1.54, 1.807) is 30.3 Å². The Bertz CT molecular complexity index is 1520. The van der Waals surface area contributed by atoms with E-state index < -0.39 is 47.9 Å². The van der Waals surface area contributed by atoms with Gasteiger partial charge in [0.2, 0.25) is 0 Å². The first-order chi connectivity index (χ1) is 18.9. The van der Waals surface area contributed by atoms with E-state index in [0.717, 1.165) is 24.3 Å². The standard InChI is InChI=1S/C24H22N8O8/c1-24(2,12-13-25-26-19-10-8-17(29(33)34)14-21(19)31(37)38)23(16-6-4-3-5-7-16)28-27-20-11-9-18(30(35)36)15-22(20)32(39)40/h3-11,13-15,26-27H,12H2,1-2H3/b25-13+,28-23+.